The first-order valence-corrected chi connectivity index (χ1v) is 17.2. The van der Waals surface area contributed by atoms with Gasteiger partial charge in [-0.25, -0.2) is 9.97 Å². The lowest BCUT2D eigenvalue weighted by atomic mass is 9.98. The van der Waals surface area contributed by atoms with Crippen molar-refractivity contribution in [2.45, 2.75) is 0 Å². The fraction of sp³-hybridized carbons (Fsp3) is 0. The second-order valence-corrected chi connectivity index (χ2v) is 13.2. The highest BCUT2D eigenvalue weighted by molar-refractivity contribution is 7.26. The summed E-state index contributed by atoms with van der Waals surface area (Å²) in [5.41, 5.74) is 8.84. The van der Waals surface area contributed by atoms with E-state index in [-0.39, 0.29) is 0 Å². The molecule has 0 aliphatic heterocycles. The van der Waals surface area contributed by atoms with Crippen molar-refractivity contribution >= 4 is 81.4 Å². The Labute approximate surface area is 286 Å². The lowest BCUT2D eigenvalue weighted by Gasteiger charge is -2.26. The zero-order chi connectivity index (χ0) is 32.3. The fourth-order valence-corrected chi connectivity index (χ4v) is 8.24. The van der Waals surface area contributed by atoms with Gasteiger partial charge in [0.1, 0.15) is 11.2 Å². The number of benzene rings is 7. The van der Waals surface area contributed by atoms with Gasteiger partial charge >= 0.3 is 0 Å². The summed E-state index contributed by atoms with van der Waals surface area (Å²) in [6, 6.07) is 57.0. The summed E-state index contributed by atoms with van der Waals surface area (Å²) in [4.78, 5) is 13.0. The number of fused-ring (bicyclic) bond motifs is 8. The third kappa shape index (κ3) is 4.44. The molecule has 230 valence electrons. The molecule has 0 fully saturated rings. The van der Waals surface area contributed by atoms with Crippen LogP contribution in [0.2, 0.25) is 0 Å². The Balaban J connectivity index is 1.31. The molecule has 10 rings (SSSR count). The van der Waals surface area contributed by atoms with Crippen molar-refractivity contribution in [1.82, 2.24) is 9.97 Å². The van der Waals surface area contributed by atoms with E-state index in [0.29, 0.717) is 5.82 Å². The van der Waals surface area contributed by atoms with Gasteiger partial charge in [0.15, 0.2) is 5.82 Å². The first-order valence-electron chi connectivity index (χ1n) is 16.3. The minimum Gasteiger partial charge on any atom is -0.455 e. The third-order valence-electron chi connectivity index (χ3n) is 9.26. The largest absolute Gasteiger partial charge is 0.455 e. The number of aromatic nitrogens is 2. The van der Waals surface area contributed by atoms with E-state index in [1.807, 2.05) is 6.07 Å². The quantitative estimate of drug-likeness (QED) is 0.187. The maximum absolute atomic E-state index is 6.76. The molecule has 0 spiro atoms. The monoisotopic (exact) mass is 645 g/mol. The molecule has 3 heterocycles. The van der Waals surface area contributed by atoms with Gasteiger partial charge in [-0.15, -0.1) is 11.3 Å². The summed E-state index contributed by atoms with van der Waals surface area (Å²) in [6.07, 6.45) is 0. The molecule has 0 bridgehead atoms. The highest BCUT2D eigenvalue weighted by atomic mass is 32.1. The molecule has 0 radical (unpaired) electrons. The van der Waals surface area contributed by atoms with Crippen molar-refractivity contribution in [2.24, 2.45) is 0 Å². The first kappa shape index (κ1) is 27.8. The van der Waals surface area contributed by atoms with E-state index in [1.54, 1.807) is 11.3 Å². The highest BCUT2D eigenvalue weighted by Gasteiger charge is 2.23. The molecule has 0 N–H and O–H groups in total. The smallest absolute Gasteiger partial charge is 0.161 e. The highest BCUT2D eigenvalue weighted by Crippen LogP contribution is 2.47. The lowest BCUT2D eigenvalue weighted by Crippen LogP contribution is -2.09. The van der Waals surface area contributed by atoms with E-state index < -0.39 is 0 Å². The SMILES string of the molecule is c1ccc(-c2nc(-c3cc4c(oc5cccc(N(c6ccccc6)c6ccccc6)c54)c4ccccc34)nc3c2sc2ccccc23)cc1. The average molecular weight is 646 g/mol. The van der Waals surface area contributed by atoms with Gasteiger partial charge in [0.2, 0.25) is 0 Å². The third-order valence-corrected chi connectivity index (χ3v) is 10.4. The fourth-order valence-electron chi connectivity index (χ4n) is 7.09. The van der Waals surface area contributed by atoms with E-state index in [2.05, 4.69) is 163 Å². The van der Waals surface area contributed by atoms with Crippen molar-refractivity contribution in [3.05, 3.63) is 164 Å². The number of thiophene rings is 1. The van der Waals surface area contributed by atoms with Gasteiger partial charge < -0.3 is 9.32 Å². The molecule has 7 aromatic carbocycles. The molecule has 0 saturated heterocycles. The molecule has 4 nitrogen and oxygen atoms in total. The Morgan fingerprint density at radius 1 is 0.531 bits per heavy atom. The molecule has 5 heteroatoms. The van der Waals surface area contributed by atoms with Crippen LogP contribution < -0.4 is 4.90 Å². The summed E-state index contributed by atoms with van der Waals surface area (Å²) in [6.45, 7) is 0. The van der Waals surface area contributed by atoms with Gasteiger partial charge in [-0.05, 0) is 53.9 Å². The summed E-state index contributed by atoms with van der Waals surface area (Å²) >= 11 is 1.75. The maximum Gasteiger partial charge on any atom is 0.161 e. The molecular weight excluding hydrogens is 619 g/mol. The van der Waals surface area contributed by atoms with Crippen LogP contribution in [0.3, 0.4) is 0 Å². The van der Waals surface area contributed by atoms with Crippen LogP contribution >= 0.6 is 11.3 Å². The average Bonchev–Trinajstić information content (AvgIpc) is 3.75. The van der Waals surface area contributed by atoms with Gasteiger partial charge in [-0.3, -0.25) is 0 Å². The van der Waals surface area contributed by atoms with Crippen molar-refractivity contribution in [3.8, 4) is 22.6 Å². The zero-order valence-electron chi connectivity index (χ0n) is 26.2. The van der Waals surface area contributed by atoms with Gasteiger partial charge in [0.25, 0.3) is 0 Å². The predicted octanol–water partition coefficient (Wildman–Crippen LogP) is 12.7. The summed E-state index contributed by atoms with van der Waals surface area (Å²) < 4.78 is 9.06. The second kappa shape index (κ2) is 11.2. The molecule has 10 aromatic rings. The normalized spacial score (nSPS) is 11.7. The van der Waals surface area contributed by atoms with Crippen molar-refractivity contribution < 1.29 is 4.42 Å². The number of rotatable bonds is 5. The molecular formula is C44H27N3OS. The van der Waals surface area contributed by atoms with Crippen LogP contribution in [0.25, 0.3) is 75.7 Å². The molecule has 3 aromatic heterocycles. The van der Waals surface area contributed by atoms with Crippen LogP contribution in [-0.4, -0.2) is 9.97 Å². The number of nitrogens with zero attached hydrogens (tertiary/aromatic N) is 3. The minimum absolute atomic E-state index is 0.697. The van der Waals surface area contributed by atoms with E-state index in [1.165, 1.54) is 4.70 Å². The molecule has 0 aliphatic rings. The van der Waals surface area contributed by atoms with E-state index in [4.69, 9.17) is 14.4 Å². The van der Waals surface area contributed by atoms with Crippen molar-refractivity contribution in [2.75, 3.05) is 4.90 Å². The minimum atomic E-state index is 0.697. The summed E-state index contributed by atoms with van der Waals surface area (Å²) in [5, 5.41) is 5.30. The molecule has 0 atom stereocenters. The van der Waals surface area contributed by atoms with E-state index in [0.717, 1.165) is 82.2 Å². The Hall–Kier alpha value is -6.30. The van der Waals surface area contributed by atoms with Gasteiger partial charge in [0.05, 0.1) is 27.0 Å². The van der Waals surface area contributed by atoms with Gasteiger partial charge in [-0.2, -0.15) is 0 Å². The Morgan fingerprint density at radius 3 is 1.90 bits per heavy atom. The number of anilines is 3. The number of hydrogen-bond donors (Lipinski definition) is 0. The summed E-state index contributed by atoms with van der Waals surface area (Å²) in [5.74, 6) is 0.697. The number of hydrogen-bond acceptors (Lipinski definition) is 5. The van der Waals surface area contributed by atoms with Crippen LogP contribution in [0, 0.1) is 0 Å². The van der Waals surface area contributed by atoms with Crippen molar-refractivity contribution in [1.29, 1.82) is 0 Å². The molecule has 0 unspecified atom stereocenters. The maximum atomic E-state index is 6.76. The number of para-hydroxylation sites is 2. The lowest BCUT2D eigenvalue weighted by molar-refractivity contribution is 0.672. The van der Waals surface area contributed by atoms with Crippen molar-refractivity contribution in [3.63, 3.8) is 0 Å². The second-order valence-electron chi connectivity index (χ2n) is 12.1. The predicted molar refractivity (Wildman–Crippen MR) is 205 cm³/mol. The van der Waals surface area contributed by atoms with Crippen LogP contribution in [0.15, 0.2) is 168 Å². The van der Waals surface area contributed by atoms with Gasteiger partial charge in [-0.1, -0.05) is 115 Å². The molecule has 0 amide bonds. The zero-order valence-corrected chi connectivity index (χ0v) is 27.1. The molecule has 0 saturated carbocycles. The Morgan fingerprint density at radius 2 is 1.16 bits per heavy atom. The standard InChI is InChI=1S/C44H27N3OS/c1-4-15-28(16-5-1)40-43-41(33-23-12-13-26-38(33)49-43)46-44(45-40)34-27-35-39-36(47(29-17-6-2-7-18-29)30-19-8-3-9-20-30)24-14-25-37(39)48-42(35)32-22-11-10-21-31(32)34/h1-27H. The summed E-state index contributed by atoms with van der Waals surface area (Å²) in [7, 11) is 0. The van der Waals surface area contributed by atoms with E-state index >= 15 is 0 Å². The topological polar surface area (TPSA) is 42.2 Å². The van der Waals surface area contributed by atoms with Crippen LogP contribution in [0.4, 0.5) is 17.1 Å². The first-order chi connectivity index (χ1) is 24.3. The van der Waals surface area contributed by atoms with E-state index in [9.17, 15) is 0 Å². The molecule has 49 heavy (non-hydrogen) atoms. The Bertz CT molecular complexity index is 2790. The molecule has 0 aliphatic carbocycles. The van der Waals surface area contributed by atoms with Crippen LogP contribution in [0.1, 0.15) is 0 Å². The van der Waals surface area contributed by atoms with Crippen LogP contribution in [-0.2, 0) is 0 Å². The Kier molecular flexibility index (Phi) is 6.32. The number of furan rings is 1. The van der Waals surface area contributed by atoms with Crippen LogP contribution in [0.5, 0.6) is 0 Å². The van der Waals surface area contributed by atoms with Gasteiger partial charge in [0, 0.05) is 43.4 Å².